The van der Waals surface area contributed by atoms with Gasteiger partial charge in [0, 0.05) is 30.3 Å². The van der Waals surface area contributed by atoms with Crippen molar-refractivity contribution in [2.45, 2.75) is 25.3 Å². The van der Waals surface area contributed by atoms with Crippen LogP contribution in [0.25, 0.3) is 11.8 Å². The van der Waals surface area contributed by atoms with Gasteiger partial charge in [-0.25, -0.2) is 9.18 Å². The molecule has 4 N–H and O–H groups in total. The van der Waals surface area contributed by atoms with Crippen LogP contribution in [0.2, 0.25) is 5.02 Å². The minimum atomic E-state index is -1.12. The largest absolute Gasteiger partial charge is 0.478 e. The number of hydrogen-bond acceptors (Lipinski definition) is 7. The molecule has 0 aliphatic carbocycles. The number of nitrogens with zero attached hydrogens (tertiary/aromatic N) is 5. The van der Waals surface area contributed by atoms with Gasteiger partial charge in [0.25, 0.3) is 5.91 Å². The van der Waals surface area contributed by atoms with Crippen LogP contribution in [0.5, 0.6) is 0 Å². The van der Waals surface area contributed by atoms with Gasteiger partial charge in [0.2, 0.25) is 11.8 Å². The zero-order chi connectivity index (χ0) is 31.4. The number of nitrogens with two attached hydrogens (primary N) is 1. The lowest BCUT2D eigenvalue weighted by Gasteiger charge is -2.36. The van der Waals surface area contributed by atoms with Crippen LogP contribution >= 0.6 is 11.6 Å². The fourth-order valence-corrected chi connectivity index (χ4v) is 5.27. The van der Waals surface area contributed by atoms with E-state index in [0.29, 0.717) is 24.1 Å². The zero-order valence-corrected chi connectivity index (χ0v) is 23.7. The molecule has 3 amide bonds. The van der Waals surface area contributed by atoms with Gasteiger partial charge in [-0.05, 0) is 82.4 Å². The van der Waals surface area contributed by atoms with Crippen molar-refractivity contribution in [3.63, 3.8) is 0 Å². The van der Waals surface area contributed by atoms with E-state index in [2.05, 4.69) is 20.8 Å². The third kappa shape index (κ3) is 6.32. The number of amides is 3. The summed E-state index contributed by atoms with van der Waals surface area (Å²) in [6.45, 7) is 0.137. The Morgan fingerprint density at radius 2 is 1.89 bits per heavy atom. The number of primary amides is 1. The van der Waals surface area contributed by atoms with E-state index in [-0.39, 0.29) is 34.8 Å². The summed E-state index contributed by atoms with van der Waals surface area (Å²) in [7, 11) is 0. The van der Waals surface area contributed by atoms with Crippen molar-refractivity contribution < 1.29 is 28.7 Å². The number of fused-ring (bicyclic) bond motifs is 1. The summed E-state index contributed by atoms with van der Waals surface area (Å²) in [6, 6.07) is 12.6. The Balaban J connectivity index is 1.50. The Labute approximate surface area is 254 Å². The molecule has 1 aliphatic heterocycles. The number of aromatic nitrogens is 4. The average molecular weight is 618 g/mol. The first-order chi connectivity index (χ1) is 21.1. The number of rotatable bonds is 9. The van der Waals surface area contributed by atoms with Gasteiger partial charge in [0.1, 0.15) is 12.4 Å². The van der Waals surface area contributed by atoms with Crippen LogP contribution in [-0.4, -0.2) is 60.4 Å². The highest BCUT2D eigenvalue weighted by Crippen LogP contribution is 2.34. The summed E-state index contributed by atoms with van der Waals surface area (Å²) in [4.78, 5) is 51.6. The fourth-order valence-electron chi connectivity index (χ4n) is 5.10. The third-order valence-corrected chi connectivity index (χ3v) is 7.48. The molecular formula is C30H25ClFN7O5. The Hall–Kier alpha value is -5.43. The van der Waals surface area contributed by atoms with Crippen molar-refractivity contribution in [2.24, 2.45) is 5.73 Å². The molecule has 0 saturated heterocycles. The minimum absolute atomic E-state index is 0.0381. The molecule has 0 radical (unpaired) electrons. The summed E-state index contributed by atoms with van der Waals surface area (Å²) in [5.74, 6) is -3.50. The second-order valence-electron chi connectivity index (χ2n) is 9.89. The quantitative estimate of drug-likeness (QED) is 0.240. The van der Waals surface area contributed by atoms with E-state index in [4.69, 9.17) is 17.3 Å². The maximum atomic E-state index is 15.1. The van der Waals surface area contributed by atoms with Crippen molar-refractivity contribution in [3.05, 3.63) is 106 Å². The highest BCUT2D eigenvalue weighted by atomic mass is 35.5. The molecule has 4 aromatic rings. The number of benzene rings is 3. The van der Waals surface area contributed by atoms with Crippen LogP contribution in [0.3, 0.4) is 0 Å². The number of halogens is 2. The van der Waals surface area contributed by atoms with E-state index in [0.717, 1.165) is 17.2 Å². The van der Waals surface area contributed by atoms with Gasteiger partial charge < -0.3 is 21.1 Å². The highest BCUT2D eigenvalue weighted by Gasteiger charge is 2.36. The zero-order valence-electron chi connectivity index (χ0n) is 23.0. The number of carbonyl (C=O) groups excluding carboxylic acids is 3. The van der Waals surface area contributed by atoms with E-state index in [9.17, 15) is 24.3 Å². The number of tetrazole rings is 1. The van der Waals surface area contributed by atoms with Crippen LogP contribution in [0, 0.1) is 5.82 Å². The van der Waals surface area contributed by atoms with E-state index in [1.165, 1.54) is 58.4 Å². The molecule has 0 saturated carbocycles. The molecule has 1 unspecified atom stereocenters. The van der Waals surface area contributed by atoms with E-state index in [1.807, 2.05) is 6.07 Å². The number of anilines is 1. The van der Waals surface area contributed by atoms with Crippen LogP contribution in [-0.2, 0) is 27.2 Å². The number of nitrogens with one attached hydrogen (secondary N) is 1. The van der Waals surface area contributed by atoms with Crippen LogP contribution in [0.4, 0.5) is 10.1 Å². The molecule has 0 bridgehead atoms. The third-order valence-electron chi connectivity index (χ3n) is 7.19. The van der Waals surface area contributed by atoms with Gasteiger partial charge in [0.15, 0.2) is 5.82 Å². The second-order valence-corrected chi connectivity index (χ2v) is 10.3. The topological polar surface area (TPSA) is 173 Å². The van der Waals surface area contributed by atoms with Gasteiger partial charge >= 0.3 is 5.97 Å². The first-order valence-electron chi connectivity index (χ1n) is 13.4. The van der Waals surface area contributed by atoms with Crippen molar-refractivity contribution in [2.75, 3.05) is 11.9 Å². The lowest BCUT2D eigenvalue weighted by atomic mass is 9.87. The second kappa shape index (κ2) is 12.8. The average Bonchev–Trinajstić information content (AvgIpc) is 3.55. The van der Waals surface area contributed by atoms with Gasteiger partial charge in [-0.3, -0.25) is 14.4 Å². The van der Waals surface area contributed by atoms with E-state index >= 15 is 4.39 Å². The Kier molecular flexibility index (Phi) is 8.76. The summed E-state index contributed by atoms with van der Waals surface area (Å²) in [6.07, 6.45) is 4.53. The molecule has 1 atom stereocenters. The monoisotopic (exact) mass is 617 g/mol. The lowest BCUT2D eigenvalue weighted by molar-refractivity contribution is -0.135. The number of hydrogen-bond donors (Lipinski definition) is 3. The number of aryl methyl sites for hydroxylation is 1. The Morgan fingerprint density at radius 1 is 1.11 bits per heavy atom. The molecule has 0 spiro atoms. The molecule has 3 aromatic carbocycles. The summed E-state index contributed by atoms with van der Waals surface area (Å²) < 4.78 is 16.3. The van der Waals surface area contributed by atoms with Gasteiger partial charge in [-0.2, -0.15) is 4.68 Å². The molecule has 224 valence electrons. The molecule has 12 nitrogen and oxygen atoms in total. The molecule has 2 heterocycles. The van der Waals surface area contributed by atoms with Crippen LogP contribution in [0.15, 0.2) is 67.0 Å². The molecule has 5 rings (SSSR count). The lowest BCUT2D eigenvalue weighted by Crippen LogP contribution is -2.45. The van der Waals surface area contributed by atoms with E-state index in [1.54, 1.807) is 12.1 Å². The normalized spacial score (nSPS) is 14.3. The van der Waals surface area contributed by atoms with Crippen molar-refractivity contribution in [1.82, 2.24) is 25.1 Å². The number of carboxylic acid groups (broad SMARTS) is 1. The Bertz CT molecular complexity index is 1780. The SMILES string of the molecule is NC(=O)CCc1cccc2c1CCN(C(=O)C=Cc1c(-n3cnnn3)ccc(Cl)c1F)C2C(=O)Nc1ccc(C(=O)O)cc1. The van der Waals surface area contributed by atoms with Crippen molar-refractivity contribution in [3.8, 4) is 5.69 Å². The molecule has 0 fully saturated rings. The van der Waals surface area contributed by atoms with Gasteiger partial charge in [-0.15, -0.1) is 5.10 Å². The minimum Gasteiger partial charge on any atom is -0.478 e. The van der Waals surface area contributed by atoms with E-state index < -0.39 is 35.5 Å². The standard InChI is InChI=1S/C30H25ClFN7O5/c31-23-10-11-24(39-16-34-36-37-39)22(27(23)32)9-13-26(41)38-15-14-20-17(6-12-25(33)40)2-1-3-21(20)28(38)29(42)35-19-7-4-18(5-8-19)30(43)44/h1-5,7-11,13,16,28H,6,12,14-15H2,(H2,33,40)(H,35,42)(H,43,44). The predicted molar refractivity (Wildman–Crippen MR) is 157 cm³/mol. The predicted octanol–water partition coefficient (Wildman–Crippen LogP) is 3.35. The maximum absolute atomic E-state index is 15.1. The van der Waals surface area contributed by atoms with Crippen LogP contribution in [0.1, 0.15) is 45.1 Å². The molecular weight excluding hydrogens is 593 g/mol. The van der Waals surface area contributed by atoms with Crippen molar-refractivity contribution in [1.29, 1.82) is 0 Å². The van der Waals surface area contributed by atoms with Crippen LogP contribution < -0.4 is 11.1 Å². The number of carbonyl (C=O) groups is 4. The fraction of sp³-hybridized carbons (Fsp3) is 0.167. The number of carboxylic acids is 1. The number of aromatic carboxylic acids is 1. The highest BCUT2D eigenvalue weighted by molar-refractivity contribution is 6.31. The van der Waals surface area contributed by atoms with Gasteiger partial charge in [-0.1, -0.05) is 29.8 Å². The molecule has 1 aromatic heterocycles. The summed E-state index contributed by atoms with van der Waals surface area (Å²) >= 11 is 6.02. The summed E-state index contributed by atoms with van der Waals surface area (Å²) in [5, 5.41) is 22.7. The maximum Gasteiger partial charge on any atom is 0.335 e. The molecule has 1 aliphatic rings. The first-order valence-corrected chi connectivity index (χ1v) is 13.7. The smallest absolute Gasteiger partial charge is 0.335 e. The molecule has 44 heavy (non-hydrogen) atoms. The summed E-state index contributed by atoms with van der Waals surface area (Å²) in [5.41, 5.74) is 8.15. The molecule has 14 heteroatoms. The van der Waals surface area contributed by atoms with Gasteiger partial charge in [0.05, 0.1) is 16.3 Å². The Morgan fingerprint density at radius 3 is 2.57 bits per heavy atom. The first kappa shape index (κ1) is 30.0. The van der Waals surface area contributed by atoms with Crippen molar-refractivity contribution >= 4 is 47.1 Å².